The second kappa shape index (κ2) is 15.8. The normalized spacial score (nSPS) is 10.3. The van der Waals surface area contributed by atoms with Gasteiger partial charge in [0.1, 0.15) is 0 Å². The minimum atomic E-state index is -0.552. The fourth-order valence-electron chi connectivity index (χ4n) is 3.13. The van der Waals surface area contributed by atoms with E-state index in [0.717, 1.165) is 18.4 Å². The molecule has 1 heterocycles. The third kappa shape index (κ3) is 10.9. The summed E-state index contributed by atoms with van der Waals surface area (Å²) in [7, 11) is 0. The lowest BCUT2D eigenvalue weighted by Crippen LogP contribution is -2.41. The van der Waals surface area contributed by atoms with Crippen LogP contribution in [0.1, 0.15) is 52.0 Å². The van der Waals surface area contributed by atoms with Crippen LogP contribution in [0.2, 0.25) is 0 Å². The van der Waals surface area contributed by atoms with Crippen molar-refractivity contribution in [1.82, 2.24) is 20.1 Å². The summed E-state index contributed by atoms with van der Waals surface area (Å²) in [5.74, 6) is -1.19. The van der Waals surface area contributed by atoms with Crippen LogP contribution in [0.25, 0.3) is 0 Å². The highest BCUT2D eigenvalue weighted by Gasteiger charge is 2.17. The first-order valence-electron chi connectivity index (χ1n) is 11.3. The molecule has 0 saturated heterocycles. The van der Waals surface area contributed by atoms with Crippen molar-refractivity contribution in [1.29, 1.82) is 0 Å². The molecule has 0 aliphatic rings. The highest BCUT2D eigenvalue weighted by atomic mass is 16.5. The molecule has 1 aromatic rings. The van der Waals surface area contributed by atoms with Gasteiger partial charge in [0, 0.05) is 45.0 Å². The smallest absolute Gasteiger partial charge is 0.308 e. The molecule has 1 rings (SSSR count). The van der Waals surface area contributed by atoms with Crippen molar-refractivity contribution in [3.05, 3.63) is 30.1 Å². The molecule has 0 spiro atoms. The van der Waals surface area contributed by atoms with Crippen molar-refractivity contribution in [2.45, 2.75) is 52.9 Å². The summed E-state index contributed by atoms with van der Waals surface area (Å²) < 4.78 is 4.96. The van der Waals surface area contributed by atoms with E-state index in [2.05, 4.69) is 10.3 Å². The minimum absolute atomic E-state index is 0.0368. The van der Waals surface area contributed by atoms with Crippen LogP contribution in [0.3, 0.4) is 0 Å². The fraction of sp³-hybridized carbons (Fsp3) is 0.609. The van der Waals surface area contributed by atoms with Crippen molar-refractivity contribution in [2.75, 3.05) is 39.3 Å². The number of hydrogen-bond donors (Lipinski definition) is 1. The van der Waals surface area contributed by atoms with Crippen LogP contribution in [-0.4, -0.2) is 77.8 Å². The number of esters is 1. The van der Waals surface area contributed by atoms with Crippen LogP contribution in [0, 0.1) is 0 Å². The van der Waals surface area contributed by atoms with Crippen molar-refractivity contribution in [2.24, 2.45) is 0 Å². The van der Waals surface area contributed by atoms with E-state index in [1.54, 1.807) is 22.2 Å². The van der Waals surface area contributed by atoms with E-state index < -0.39 is 5.97 Å². The number of rotatable bonds is 15. The number of pyridine rings is 1. The van der Waals surface area contributed by atoms with E-state index in [9.17, 15) is 19.2 Å². The number of likely N-dealkylation sites (N-methyl/N-ethyl adjacent to an activating group) is 1. The number of nitrogens with one attached hydrogen (secondary N) is 1. The monoisotopic (exact) mass is 448 g/mol. The van der Waals surface area contributed by atoms with Crippen LogP contribution < -0.4 is 5.32 Å². The Hall–Kier alpha value is -2.97. The van der Waals surface area contributed by atoms with Crippen LogP contribution in [0.15, 0.2) is 24.5 Å². The van der Waals surface area contributed by atoms with E-state index in [1.165, 1.54) is 0 Å². The first kappa shape index (κ1) is 27.1. The molecule has 9 heteroatoms. The third-order valence-corrected chi connectivity index (χ3v) is 4.91. The largest absolute Gasteiger partial charge is 0.456 e. The Labute approximate surface area is 190 Å². The maximum absolute atomic E-state index is 12.5. The zero-order valence-corrected chi connectivity index (χ0v) is 19.5. The zero-order chi connectivity index (χ0) is 23.8. The minimum Gasteiger partial charge on any atom is -0.456 e. The molecule has 0 fully saturated rings. The van der Waals surface area contributed by atoms with Gasteiger partial charge in [-0.2, -0.15) is 0 Å². The van der Waals surface area contributed by atoms with E-state index in [-0.39, 0.29) is 43.8 Å². The van der Waals surface area contributed by atoms with Gasteiger partial charge >= 0.3 is 5.97 Å². The summed E-state index contributed by atoms with van der Waals surface area (Å²) >= 11 is 0. The van der Waals surface area contributed by atoms with Crippen molar-refractivity contribution in [3.8, 4) is 0 Å². The predicted octanol–water partition coefficient (Wildman–Crippen LogP) is 1.56. The number of amides is 3. The Morgan fingerprint density at radius 2 is 1.66 bits per heavy atom. The second-order valence-electron chi connectivity index (χ2n) is 7.35. The maximum atomic E-state index is 12.5. The Kier molecular flexibility index (Phi) is 13.3. The molecule has 178 valence electrons. The first-order chi connectivity index (χ1) is 15.4. The summed E-state index contributed by atoms with van der Waals surface area (Å²) in [5.41, 5.74) is 1.12. The van der Waals surface area contributed by atoms with Gasteiger partial charge in [-0.25, -0.2) is 0 Å². The summed E-state index contributed by atoms with van der Waals surface area (Å²) in [6.45, 7) is 7.01. The molecule has 0 aliphatic heterocycles. The molecule has 0 unspecified atom stereocenters. The van der Waals surface area contributed by atoms with E-state index >= 15 is 0 Å². The van der Waals surface area contributed by atoms with Gasteiger partial charge in [0.05, 0.1) is 13.0 Å². The molecule has 0 saturated carbocycles. The Bertz CT molecular complexity index is 722. The number of nitrogens with zero attached hydrogens (tertiary/aromatic N) is 3. The van der Waals surface area contributed by atoms with Crippen LogP contribution in [0.4, 0.5) is 0 Å². The molecular weight excluding hydrogens is 412 g/mol. The van der Waals surface area contributed by atoms with Gasteiger partial charge in [-0.15, -0.1) is 0 Å². The van der Waals surface area contributed by atoms with E-state index in [0.29, 0.717) is 32.5 Å². The topological polar surface area (TPSA) is 109 Å². The summed E-state index contributed by atoms with van der Waals surface area (Å²) in [6, 6.07) is 3.85. The van der Waals surface area contributed by atoms with Gasteiger partial charge in [0.25, 0.3) is 5.91 Å². The van der Waals surface area contributed by atoms with Gasteiger partial charge in [-0.05, 0) is 50.8 Å². The Morgan fingerprint density at radius 1 is 0.969 bits per heavy atom. The zero-order valence-electron chi connectivity index (χ0n) is 19.5. The molecule has 32 heavy (non-hydrogen) atoms. The molecular formula is C23H36N4O5. The van der Waals surface area contributed by atoms with Crippen LogP contribution in [0.5, 0.6) is 0 Å². The summed E-state index contributed by atoms with van der Waals surface area (Å²) in [4.78, 5) is 55.4. The number of carbonyl (C=O) groups excluding carboxylic acids is 4. The number of carbonyl (C=O) groups is 4. The Morgan fingerprint density at radius 3 is 2.28 bits per heavy atom. The van der Waals surface area contributed by atoms with Gasteiger partial charge in [0.2, 0.25) is 11.8 Å². The van der Waals surface area contributed by atoms with Gasteiger partial charge < -0.3 is 19.9 Å². The summed E-state index contributed by atoms with van der Waals surface area (Å²) in [5, 5.41) is 2.64. The molecule has 0 aromatic carbocycles. The second-order valence-corrected chi connectivity index (χ2v) is 7.35. The number of aryl methyl sites for hydroxylation is 1. The molecule has 1 N–H and O–H groups in total. The average molecular weight is 449 g/mol. The van der Waals surface area contributed by atoms with Crippen molar-refractivity contribution >= 4 is 23.7 Å². The van der Waals surface area contributed by atoms with Crippen LogP contribution >= 0.6 is 0 Å². The maximum Gasteiger partial charge on any atom is 0.308 e. The highest BCUT2D eigenvalue weighted by molar-refractivity contribution is 5.85. The third-order valence-electron chi connectivity index (χ3n) is 4.91. The quantitative estimate of drug-likeness (QED) is 0.408. The lowest BCUT2D eigenvalue weighted by molar-refractivity contribution is -0.151. The standard InChI is InChI=1S/C23H36N4O5/c1-4-16-27(21(29)9-7-8-19-10-13-24-14-11-19)17-20(28)25-15-12-23(31)32-18-22(30)26(5-2)6-3/h10-11,13-14H,4-9,12,15-18H2,1-3H3,(H,25,28). The van der Waals surface area contributed by atoms with Crippen LogP contribution in [-0.2, 0) is 30.3 Å². The van der Waals surface area contributed by atoms with Gasteiger partial charge in [0.15, 0.2) is 6.61 Å². The van der Waals surface area contributed by atoms with Crippen molar-refractivity contribution in [3.63, 3.8) is 0 Å². The molecule has 0 bridgehead atoms. The summed E-state index contributed by atoms with van der Waals surface area (Å²) in [6.07, 6.45) is 6.00. The predicted molar refractivity (Wildman–Crippen MR) is 121 cm³/mol. The lowest BCUT2D eigenvalue weighted by Gasteiger charge is -2.21. The van der Waals surface area contributed by atoms with E-state index in [4.69, 9.17) is 4.74 Å². The number of aromatic nitrogens is 1. The average Bonchev–Trinajstić information content (AvgIpc) is 2.79. The van der Waals surface area contributed by atoms with Crippen molar-refractivity contribution < 1.29 is 23.9 Å². The molecule has 3 amide bonds. The molecule has 0 aliphatic carbocycles. The Balaban J connectivity index is 2.31. The molecule has 0 radical (unpaired) electrons. The highest BCUT2D eigenvalue weighted by Crippen LogP contribution is 2.06. The molecule has 0 atom stereocenters. The molecule has 1 aromatic heterocycles. The molecule has 9 nitrogen and oxygen atoms in total. The SMILES string of the molecule is CCCN(CC(=O)NCCC(=O)OCC(=O)N(CC)CC)C(=O)CCCc1ccncc1. The number of hydrogen-bond acceptors (Lipinski definition) is 6. The van der Waals surface area contributed by atoms with Gasteiger partial charge in [-0.1, -0.05) is 6.92 Å². The fourth-order valence-corrected chi connectivity index (χ4v) is 3.13. The first-order valence-corrected chi connectivity index (χ1v) is 11.3. The van der Waals surface area contributed by atoms with E-state index in [1.807, 2.05) is 32.9 Å². The lowest BCUT2D eigenvalue weighted by atomic mass is 10.1. The number of ether oxygens (including phenoxy) is 1. The van der Waals surface area contributed by atoms with Gasteiger partial charge in [-0.3, -0.25) is 24.2 Å².